The van der Waals surface area contributed by atoms with Crippen LogP contribution in [0.5, 0.6) is 0 Å². The largest absolute Gasteiger partial charge is 0.481 e. The third-order valence-corrected chi connectivity index (χ3v) is 7.48. The summed E-state index contributed by atoms with van der Waals surface area (Å²) in [6, 6.07) is 17.7. The summed E-state index contributed by atoms with van der Waals surface area (Å²) < 4.78 is 2.16. The first-order valence-corrected chi connectivity index (χ1v) is 13.3. The minimum atomic E-state index is -0.701. The first kappa shape index (κ1) is 25.8. The van der Waals surface area contributed by atoms with Gasteiger partial charge in [-0.3, -0.25) is 14.5 Å². The lowest BCUT2D eigenvalue weighted by Gasteiger charge is -2.30. The zero-order valence-corrected chi connectivity index (χ0v) is 22.3. The van der Waals surface area contributed by atoms with Gasteiger partial charge in [-0.15, -0.1) is 0 Å². The number of piperidine rings is 1. The van der Waals surface area contributed by atoms with Crippen molar-refractivity contribution in [3.63, 3.8) is 0 Å². The van der Waals surface area contributed by atoms with Crippen molar-refractivity contribution in [2.24, 2.45) is 5.92 Å². The minimum Gasteiger partial charge on any atom is -0.481 e. The van der Waals surface area contributed by atoms with Crippen molar-refractivity contribution in [1.82, 2.24) is 19.4 Å². The van der Waals surface area contributed by atoms with Crippen molar-refractivity contribution in [3.05, 3.63) is 93.9 Å². The molecule has 1 N–H and O–H groups in total. The summed E-state index contributed by atoms with van der Waals surface area (Å²) >= 11 is 0. The Balaban J connectivity index is 1.34. The summed E-state index contributed by atoms with van der Waals surface area (Å²) in [4.78, 5) is 36.6. The van der Waals surface area contributed by atoms with E-state index in [2.05, 4.69) is 29.4 Å². The summed E-state index contributed by atoms with van der Waals surface area (Å²) in [6.45, 7) is 9.00. The Bertz CT molecular complexity index is 1500. The van der Waals surface area contributed by atoms with Gasteiger partial charge in [0.05, 0.1) is 12.5 Å². The Morgan fingerprint density at radius 3 is 2.16 bits per heavy atom. The Morgan fingerprint density at radius 2 is 1.55 bits per heavy atom. The average molecular weight is 511 g/mol. The maximum atomic E-state index is 13.5. The smallest absolute Gasteiger partial charge is 0.306 e. The van der Waals surface area contributed by atoms with Gasteiger partial charge >= 0.3 is 5.97 Å². The molecule has 5 rings (SSSR count). The van der Waals surface area contributed by atoms with Crippen molar-refractivity contribution < 1.29 is 14.7 Å². The fraction of sp³-hybridized carbons (Fsp3) is 0.355. The maximum Gasteiger partial charge on any atom is 0.306 e. The summed E-state index contributed by atoms with van der Waals surface area (Å²) in [5.74, 6) is 0.0319. The number of carbonyl (C=O) groups excluding carboxylic acids is 1. The Morgan fingerprint density at radius 1 is 0.921 bits per heavy atom. The van der Waals surface area contributed by atoms with Crippen LogP contribution in [0.4, 0.5) is 0 Å². The highest BCUT2D eigenvalue weighted by Gasteiger charge is 2.24. The van der Waals surface area contributed by atoms with Gasteiger partial charge < -0.3 is 9.67 Å². The van der Waals surface area contributed by atoms with Crippen molar-refractivity contribution in [1.29, 1.82) is 0 Å². The summed E-state index contributed by atoms with van der Waals surface area (Å²) in [5, 5.41) is 9.24. The highest BCUT2D eigenvalue weighted by molar-refractivity contribution is 6.09. The lowest BCUT2D eigenvalue weighted by molar-refractivity contribution is -0.143. The number of imidazole rings is 1. The van der Waals surface area contributed by atoms with Gasteiger partial charge in [-0.2, -0.15) is 0 Å². The minimum absolute atomic E-state index is 0.00527. The molecule has 7 heteroatoms. The van der Waals surface area contributed by atoms with Crippen molar-refractivity contribution in [2.75, 3.05) is 13.1 Å². The van der Waals surface area contributed by atoms with Crippen LogP contribution in [0.2, 0.25) is 0 Å². The first-order valence-electron chi connectivity index (χ1n) is 13.3. The number of pyridine rings is 1. The molecular weight excluding hydrogens is 476 g/mol. The molecule has 0 atom stereocenters. The van der Waals surface area contributed by atoms with Gasteiger partial charge in [0, 0.05) is 29.8 Å². The van der Waals surface area contributed by atoms with Crippen LogP contribution in [0.25, 0.3) is 11.2 Å². The Kier molecular flexibility index (Phi) is 7.38. The van der Waals surface area contributed by atoms with E-state index in [0.717, 1.165) is 58.9 Å². The maximum absolute atomic E-state index is 13.5. The molecule has 0 aliphatic carbocycles. The van der Waals surface area contributed by atoms with Crippen LogP contribution in [0, 0.1) is 19.8 Å². The highest BCUT2D eigenvalue weighted by atomic mass is 16.4. The molecule has 2 aromatic carbocycles. The molecule has 1 aliphatic heterocycles. The highest BCUT2D eigenvalue weighted by Crippen LogP contribution is 2.23. The van der Waals surface area contributed by atoms with Crippen molar-refractivity contribution in [3.8, 4) is 0 Å². The van der Waals surface area contributed by atoms with E-state index >= 15 is 0 Å². The van der Waals surface area contributed by atoms with E-state index in [-0.39, 0.29) is 11.7 Å². The van der Waals surface area contributed by atoms with Gasteiger partial charge in [0.2, 0.25) is 0 Å². The molecule has 1 saturated heterocycles. The normalized spacial score (nSPS) is 14.7. The Labute approximate surface area is 223 Å². The number of hydrogen-bond donors (Lipinski definition) is 1. The van der Waals surface area contributed by atoms with E-state index in [1.54, 1.807) is 0 Å². The number of hydrogen-bond acceptors (Lipinski definition) is 5. The van der Waals surface area contributed by atoms with E-state index < -0.39 is 5.97 Å². The third kappa shape index (κ3) is 5.38. The number of carboxylic acids is 1. The molecule has 4 aromatic rings. The second kappa shape index (κ2) is 10.9. The molecule has 0 bridgehead atoms. The molecule has 0 spiro atoms. The predicted octanol–water partition coefficient (Wildman–Crippen LogP) is 5.19. The average Bonchev–Trinajstić information content (AvgIpc) is 3.26. The predicted molar refractivity (Wildman–Crippen MR) is 147 cm³/mol. The molecule has 3 heterocycles. The molecule has 1 fully saturated rings. The van der Waals surface area contributed by atoms with E-state index in [1.165, 1.54) is 0 Å². The lowest BCUT2D eigenvalue weighted by atomic mass is 9.96. The number of nitrogens with zero attached hydrogens (tertiary/aromatic N) is 4. The number of benzene rings is 2. The van der Waals surface area contributed by atoms with Gasteiger partial charge in [-0.05, 0) is 74.7 Å². The Hall–Kier alpha value is -3.84. The zero-order chi connectivity index (χ0) is 26.8. The van der Waals surface area contributed by atoms with Crippen molar-refractivity contribution >= 4 is 22.9 Å². The molecule has 2 aromatic heterocycles. The molecule has 0 amide bonds. The molecule has 1 aliphatic rings. The second-order valence-corrected chi connectivity index (χ2v) is 10.3. The van der Waals surface area contributed by atoms with Crippen molar-refractivity contribution in [2.45, 2.75) is 53.1 Å². The van der Waals surface area contributed by atoms with Gasteiger partial charge in [-0.1, -0.05) is 43.3 Å². The summed E-state index contributed by atoms with van der Waals surface area (Å²) in [6.07, 6.45) is 2.14. The molecule has 0 radical (unpaired) electrons. The quantitative estimate of drug-likeness (QED) is 0.328. The fourth-order valence-electron chi connectivity index (χ4n) is 5.45. The van der Waals surface area contributed by atoms with Crippen LogP contribution in [0.3, 0.4) is 0 Å². The molecule has 0 unspecified atom stereocenters. The fourth-order valence-corrected chi connectivity index (χ4v) is 5.45. The van der Waals surface area contributed by atoms with Crippen LogP contribution in [-0.2, 0) is 24.3 Å². The van der Waals surface area contributed by atoms with E-state index in [9.17, 15) is 14.7 Å². The van der Waals surface area contributed by atoms with Crippen LogP contribution in [-0.4, -0.2) is 49.4 Å². The monoisotopic (exact) mass is 510 g/mol. The van der Waals surface area contributed by atoms with Gasteiger partial charge in [0.15, 0.2) is 11.4 Å². The van der Waals surface area contributed by atoms with Crippen LogP contribution >= 0.6 is 0 Å². The molecule has 0 saturated carbocycles. The number of carbonyl (C=O) groups is 2. The molecule has 7 nitrogen and oxygen atoms in total. The number of likely N-dealkylation sites (tertiary alicyclic amines) is 1. The first-order chi connectivity index (χ1) is 18.3. The number of carboxylic acid groups (broad SMARTS) is 1. The number of aliphatic carboxylic acids is 1. The van der Waals surface area contributed by atoms with E-state index in [0.29, 0.717) is 37.1 Å². The zero-order valence-electron chi connectivity index (χ0n) is 22.3. The van der Waals surface area contributed by atoms with Crippen LogP contribution in [0.1, 0.15) is 63.9 Å². The lowest BCUT2D eigenvalue weighted by Crippen LogP contribution is -2.35. The summed E-state index contributed by atoms with van der Waals surface area (Å²) in [7, 11) is 0. The number of ketones is 1. The standard InChI is InChI=1S/C31H34N4O3/c1-4-27-33-28-20(2)15-21(3)32-30(28)35(27)19-23-8-6-10-26(17-23)29(36)25-9-5-7-22(16-25)18-34-13-11-24(12-14-34)31(37)38/h5-10,15-17,24H,4,11-14,18-19H2,1-3H3,(H,37,38). The molecular formula is C31H34N4O3. The van der Waals surface area contributed by atoms with Crippen LogP contribution < -0.4 is 0 Å². The van der Waals surface area contributed by atoms with Crippen LogP contribution in [0.15, 0.2) is 54.6 Å². The third-order valence-electron chi connectivity index (χ3n) is 7.48. The second-order valence-electron chi connectivity index (χ2n) is 10.3. The molecule has 38 heavy (non-hydrogen) atoms. The topological polar surface area (TPSA) is 88.3 Å². The van der Waals surface area contributed by atoms with E-state index in [4.69, 9.17) is 9.97 Å². The van der Waals surface area contributed by atoms with E-state index in [1.807, 2.05) is 55.5 Å². The number of fused-ring (bicyclic) bond motifs is 1. The van der Waals surface area contributed by atoms with Gasteiger partial charge in [0.1, 0.15) is 11.3 Å². The summed E-state index contributed by atoms with van der Waals surface area (Å²) in [5.41, 5.74) is 7.32. The van der Waals surface area contributed by atoms with Gasteiger partial charge in [0.25, 0.3) is 0 Å². The molecule has 196 valence electrons. The number of aryl methyl sites for hydroxylation is 3. The number of aromatic nitrogens is 3. The number of rotatable bonds is 8. The van der Waals surface area contributed by atoms with Gasteiger partial charge in [-0.25, -0.2) is 9.97 Å². The SMILES string of the molecule is CCc1nc2c(C)cc(C)nc2n1Cc1cccc(C(=O)c2cccc(CN3CCC(C(=O)O)CC3)c2)c1.